The lowest BCUT2D eigenvalue weighted by atomic mass is 10.0. The molecule has 4 heteroatoms. The molecule has 0 radical (unpaired) electrons. The largest absolute Gasteiger partial charge is 0.481 e. The van der Waals surface area contributed by atoms with E-state index >= 15 is 0 Å². The third-order valence-electron chi connectivity index (χ3n) is 1.34. The number of hydrogen-bond acceptors (Lipinski definition) is 2. The first-order valence-electron chi connectivity index (χ1n) is 3.43. The Kier molecular flexibility index (Phi) is 5.84. The van der Waals surface area contributed by atoms with Crippen molar-refractivity contribution in [1.82, 2.24) is 0 Å². The molecule has 0 saturated heterocycles. The van der Waals surface area contributed by atoms with Gasteiger partial charge in [-0.15, -0.1) is 11.6 Å². The van der Waals surface area contributed by atoms with E-state index in [-0.39, 0.29) is 12.3 Å². The van der Waals surface area contributed by atoms with Crippen LogP contribution in [-0.2, 0) is 9.59 Å². The molecular formula is C7H11ClO3. The molecule has 0 fully saturated rings. The van der Waals surface area contributed by atoms with Gasteiger partial charge in [0.15, 0.2) is 0 Å². The first-order valence-corrected chi connectivity index (χ1v) is 3.97. The molecule has 0 rings (SSSR count). The predicted molar refractivity (Wildman–Crippen MR) is 41.8 cm³/mol. The van der Waals surface area contributed by atoms with Crippen LogP contribution in [0.2, 0.25) is 0 Å². The number of carboxylic acid groups (broad SMARTS) is 1. The smallest absolute Gasteiger partial charge is 0.304 e. The molecule has 1 N–H and O–H groups in total. The van der Waals surface area contributed by atoms with Crippen molar-refractivity contribution in [2.24, 2.45) is 5.92 Å². The van der Waals surface area contributed by atoms with E-state index in [2.05, 4.69) is 0 Å². The SMILES string of the molecule is O=CC(CCCCl)CC(=O)O. The van der Waals surface area contributed by atoms with Gasteiger partial charge in [0.1, 0.15) is 6.29 Å². The number of carboxylic acids is 1. The summed E-state index contributed by atoms with van der Waals surface area (Å²) in [5.74, 6) is -0.827. The quantitative estimate of drug-likeness (QED) is 0.493. The van der Waals surface area contributed by atoms with E-state index in [4.69, 9.17) is 16.7 Å². The van der Waals surface area contributed by atoms with Crippen LogP contribution in [0.15, 0.2) is 0 Å². The molecular weight excluding hydrogens is 168 g/mol. The molecule has 0 aromatic rings. The lowest BCUT2D eigenvalue weighted by Crippen LogP contribution is -2.09. The lowest BCUT2D eigenvalue weighted by Gasteiger charge is -2.03. The Balaban J connectivity index is 3.57. The van der Waals surface area contributed by atoms with Crippen LogP contribution in [0.1, 0.15) is 19.3 Å². The number of aldehydes is 1. The normalized spacial score (nSPS) is 12.5. The Morgan fingerprint density at radius 3 is 2.64 bits per heavy atom. The molecule has 1 unspecified atom stereocenters. The average molecular weight is 179 g/mol. The van der Waals surface area contributed by atoms with Crippen LogP contribution in [-0.4, -0.2) is 23.2 Å². The van der Waals surface area contributed by atoms with Gasteiger partial charge in [-0.1, -0.05) is 0 Å². The van der Waals surface area contributed by atoms with Crippen LogP contribution >= 0.6 is 11.6 Å². The molecule has 0 saturated carbocycles. The van der Waals surface area contributed by atoms with Crippen LogP contribution in [0.25, 0.3) is 0 Å². The number of alkyl halides is 1. The van der Waals surface area contributed by atoms with Gasteiger partial charge in [-0.05, 0) is 12.8 Å². The maximum absolute atomic E-state index is 10.2. The second kappa shape index (κ2) is 6.16. The molecule has 0 aliphatic rings. The number of hydrogen-bond donors (Lipinski definition) is 1. The van der Waals surface area contributed by atoms with Gasteiger partial charge in [-0.2, -0.15) is 0 Å². The number of carbonyl (C=O) groups is 2. The van der Waals surface area contributed by atoms with Gasteiger partial charge in [0, 0.05) is 11.8 Å². The molecule has 3 nitrogen and oxygen atoms in total. The van der Waals surface area contributed by atoms with E-state index in [0.29, 0.717) is 25.0 Å². The molecule has 0 aliphatic carbocycles. The fraction of sp³-hybridized carbons (Fsp3) is 0.714. The summed E-state index contributed by atoms with van der Waals surface area (Å²) in [6, 6.07) is 0. The lowest BCUT2D eigenvalue weighted by molar-refractivity contribution is -0.139. The molecule has 0 spiro atoms. The summed E-state index contributed by atoms with van der Waals surface area (Å²) in [6.45, 7) is 0. The minimum absolute atomic E-state index is 0.0829. The van der Waals surface area contributed by atoms with Crippen molar-refractivity contribution in [3.05, 3.63) is 0 Å². The fourth-order valence-electron chi connectivity index (χ4n) is 0.782. The summed E-state index contributed by atoms with van der Waals surface area (Å²) in [4.78, 5) is 20.4. The van der Waals surface area contributed by atoms with Crippen molar-refractivity contribution in [3.63, 3.8) is 0 Å². The molecule has 0 aliphatic heterocycles. The first kappa shape index (κ1) is 10.4. The van der Waals surface area contributed by atoms with Crippen molar-refractivity contribution in [3.8, 4) is 0 Å². The Morgan fingerprint density at radius 2 is 2.27 bits per heavy atom. The maximum atomic E-state index is 10.2. The van der Waals surface area contributed by atoms with E-state index in [9.17, 15) is 9.59 Å². The summed E-state index contributed by atoms with van der Waals surface area (Å²) in [6.07, 6.45) is 1.86. The Morgan fingerprint density at radius 1 is 1.64 bits per heavy atom. The van der Waals surface area contributed by atoms with E-state index in [0.717, 1.165) is 0 Å². The number of carbonyl (C=O) groups excluding carboxylic acids is 1. The van der Waals surface area contributed by atoms with E-state index in [1.54, 1.807) is 0 Å². The second-order valence-corrected chi connectivity index (χ2v) is 2.70. The van der Waals surface area contributed by atoms with Gasteiger partial charge >= 0.3 is 5.97 Å². The molecule has 0 heterocycles. The Bertz CT molecular complexity index is 136. The summed E-state index contributed by atoms with van der Waals surface area (Å²) in [5.41, 5.74) is 0. The van der Waals surface area contributed by atoms with Crippen LogP contribution in [0.5, 0.6) is 0 Å². The van der Waals surface area contributed by atoms with Crippen molar-refractivity contribution < 1.29 is 14.7 Å². The zero-order chi connectivity index (χ0) is 8.69. The highest BCUT2D eigenvalue weighted by Gasteiger charge is 2.10. The summed E-state index contributed by atoms with van der Waals surface area (Å²) in [5, 5.41) is 8.32. The molecule has 1 atom stereocenters. The minimum atomic E-state index is -0.934. The molecule has 0 aromatic carbocycles. The third kappa shape index (κ3) is 5.85. The van der Waals surface area contributed by atoms with Crippen molar-refractivity contribution in [2.45, 2.75) is 19.3 Å². The summed E-state index contributed by atoms with van der Waals surface area (Å²) < 4.78 is 0. The third-order valence-corrected chi connectivity index (χ3v) is 1.61. The van der Waals surface area contributed by atoms with Gasteiger partial charge in [-0.3, -0.25) is 4.79 Å². The number of aliphatic carboxylic acids is 1. The molecule has 0 bridgehead atoms. The fourth-order valence-corrected chi connectivity index (χ4v) is 0.936. The Labute approximate surface area is 70.3 Å². The van der Waals surface area contributed by atoms with Gasteiger partial charge in [-0.25, -0.2) is 0 Å². The summed E-state index contributed by atoms with van der Waals surface area (Å²) in [7, 11) is 0. The van der Waals surface area contributed by atoms with Crippen molar-refractivity contribution in [1.29, 1.82) is 0 Å². The first-order chi connectivity index (χ1) is 5.20. The van der Waals surface area contributed by atoms with E-state index in [1.165, 1.54) is 0 Å². The van der Waals surface area contributed by atoms with Gasteiger partial charge in [0.05, 0.1) is 6.42 Å². The van der Waals surface area contributed by atoms with Crippen molar-refractivity contribution in [2.75, 3.05) is 5.88 Å². The van der Waals surface area contributed by atoms with Gasteiger partial charge in [0.2, 0.25) is 0 Å². The topological polar surface area (TPSA) is 54.4 Å². The van der Waals surface area contributed by atoms with Crippen LogP contribution in [0.4, 0.5) is 0 Å². The molecule has 64 valence electrons. The monoisotopic (exact) mass is 178 g/mol. The van der Waals surface area contributed by atoms with Crippen LogP contribution in [0, 0.1) is 5.92 Å². The zero-order valence-corrected chi connectivity index (χ0v) is 6.88. The molecule has 11 heavy (non-hydrogen) atoms. The average Bonchev–Trinajstić information content (AvgIpc) is 1.97. The summed E-state index contributed by atoms with van der Waals surface area (Å²) >= 11 is 5.38. The maximum Gasteiger partial charge on any atom is 0.304 e. The Hall–Kier alpha value is -0.570. The highest BCUT2D eigenvalue weighted by molar-refractivity contribution is 6.17. The molecule has 0 aromatic heterocycles. The van der Waals surface area contributed by atoms with Crippen LogP contribution < -0.4 is 0 Å². The van der Waals surface area contributed by atoms with E-state index in [1.807, 2.05) is 0 Å². The number of rotatable bonds is 6. The number of halogens is 1. The highest BCUT2D eigenvalue weighted by Crippen LogP contribution is 2.08. The highest BCUT2D eigenvalue weighted by atomic mass is 35.5. The predicted octanol–water partition coefficient (Wildman–Crippen LogP) is 1.30. The van der Waals surface area contributed by atoms with Gasteiger partial charge in [0.25, 0.3) is 0 Å². The molecule has 0 amide bonds. The van der Waals surface area contributed by atoms with Crippen molar-refractivity contribution >= 4 is 23.9 Å². The van der Waals surface area contributed by atoms with Gasteiger partial charge < -0.3 is 9.90 Å². The zero-order valence-electron chi connectivity index (χ0n) is 6.12. The standard InChI is InChI=1S/C7H11ClO3/c8-3-1-2-6(5-9)4-7(10)11/h5-6H,1-4H2,(H,10,11). The van der Waals surface area contributed by atoms with Crippen LogP contribution in [0.3, 0.4) is 0 Å². The minimum Gasteiger partial charge on any atom is -0.481 e. The second-order valence-electron chi connectivity index (χ2n) is 2.33. The van der Waals surface area contributed by atoms with E-state index < -0.39 is 5.97 Å².